The number of rotatable bonds is 16. The van der Waals surface area contributed by atoms with Crippen LogP contribution in [0.5, 0.6) is 23.0 Å². The van der Waals surface area contributed by atoms with Gasteiger partial charge in [0, 0.05) is 5.41 Å². The Hall–Kier alpha value is -4.58. The Morgan fingerprint density at radius 2 is 0.929 bits per heavy atom. The number of carbonyl (C=O) groups excluding carboxylic acids is 2. The maximum Gasteiger partial charge on any atom is 0.321 e. The van der Waals surface area contributed by atoms with Crippen molar-refractivity contribution < 1.29 is 28.5 Å². The highest BCUT2D eigenvalue weighted by atomic mass is 16.5. The number of hydrogen-bond donors (Lipinski definition) is 0. The van der Waals surface area contributed by atoms with Crippen LogP contribution in [0.2, 0.25) is 0 Å². The molecule has 6 heteroatoms. The minimum atomic E-state index is -0.927. The minimum Gasteiger partial charge on any atom is -0.488 e. The van der Waals surface area contributed by atoms with Gasteiger partial charge in [-0.2, -0.15) is 0 Å². The Bertz CT molecular complexity index is 1900. The zero-order chi connectivity index (χ0) is 40.8. The lowest BCUT2D eigenvalue weighted by molar-refractivity contribution is -0.159. The summed E-state index contributed by atoms with van der Waals surface area (Å²) >= 11 is 0. The van der Waals surface area contributed by atoms with Crippen LogP contribution in [-0.2, 0) is 15.0 Å². The molecular weight excluding hydrogens is 697 g/mol. The topological polar surface area (TPSA) is 71.1 Å². The third-order valence-electron chi connectivity index (χ3n) is 13.0. The molecule has 0 aliphatic heterocycles. The normalized spacial score (nSPS) is 16.5. The first-order chi connectivity index (χ1) is 26.5. The van der Waals surface area contributed by atoms with Crippen molar-refractivity contribution in [2.45, 2.75) is 144 Å². The molecule has 0 radical (unpaired) electrons. The van der Waals surface area contributed by atoms with Crippen LogP contribution in [0.25, 0.3) is 11.1 Å². The van der Waals surface area contributed by atoms with E-state index < -0.39 is 16.4 Å². The second-order valence-corrected chi connectivity index (χ2v) is 17.3. The van der Waals surface area contributed by atoms with Crippen LogP contribution < -0.4 is 18.9 Å². The van der Waals surface area contributed by atoms with Crippen LogP contribution >= 0.6 is 0 Å². The van der Waals surface area contributed by atoms with E-state index in [0.717, 1.165) is 54.7 Å². The van der Waals surface area contributed by atoms with Gasteiger partial charge in [-0.25, -0.2) is 0 Å². The molecule has 6 nitrogen and oxygen atoms in total. The van der Waals surface area contributed by atoms with Gasteiger partial charge < -0.3 is 18.9 Å². The van der Waals surface area contributed by atoms with E-state index in [1.807, 2.05) is 114 Å². The van der Waals surface area contributed by atoms with Crippen LogP contribution in [0.3, 0.4) is 0 Å². The van der Waals surface area contributed by atoms with Crippen molar-refractivity contribution in [2.75, 3.05) is 0 Å². The Morgan fingerprint density at radius 1 is 0.500 bits per heavy atom. The second-order valence-electron chi connectivity index (χ2n) is 17.3. The van der Waals surface area contributed by atoms with Crippen molar-refractivity contribution in [1.29, 1.82) is 0 Å². The first-order valence-electron chi connectivity index (χ1n) is 20.8. The Balaban J connectivity index is 1.29. The van der Waals surface area contributed by atoms with Crippen LogP contribution in [0.4, 0.5) is 0 Å². The molecule has 0 amide bonds. The molecule has 300 valence electrons. The van der Waals surface area contributed by atoms with Gasteiger partial charge in [0.1, 0.15) is 39.6 Å². The van der Waals surface area contributed by atoms with E-state index >= 15 is 0 Å². The van der Waals surface area contributed by atoms with Gasteiger partial charge in [0.05, 0.1) is 5.41 Å². The quantitative estimate of drug-likeness (QED) is 0.0836. The average Bonchev–Trinajstić information content (AvgIpc) is 3.21. The standard InChI is InChI=1S/C50H64O6/c1-11-46(5,6)44(51)53-41-30-22-38(23-31-41)50(34-16-15-17-35-50)39-24-32-43(33-25-39)56-49(10,14-4)48(9,13-3)45(52)54-40-26-18-36(19-27-40)37-20-28-42(29-21-37)55-47(7,8)12-2/h18-33H,11-17,34-35H2,1-10H3. The number of esters is 2. The van der Waals surface area contributed by atoms with Crippen molar-refractivity contribution in [3.05, 3.63) is 108 Å². The second kappa shape index (κ2) is 17.3. The molecule has 0 N–H and O–H groups in total. The predicted molar refractivity (Wildman–Crippen MR) is 227 cm³/mol. The molecule has 56 heavy (non-hydrogen) atoms. The summed E-state index contributed by atoms with van der Waals surface area (Å²) in [6, 6.07) is 32.3. The summed E-state index contributed by atoms with van der Waals surface area (Å²) in [5.41, 5.74) is 1.90. The van der Waals surface area contributed by atoms with Gasteiger partial charge in [-0.05, 0) is 151 Å². The highest BCUT2D eigenvalue weighted by Crippen LogP contribution is 2.47. The number of hydrogen-bond acceptors (Lipinski definition) is 6. The molecule has 2 atom stereocenters. The molecule has 0 bridgehead atoms. The van der Waals surface area contributed by atoms with Gasteiger partial charge in [0.15, 0.2) is 0 Å². The molecule has 0 aromatic heterocycles. The Morgan fingerprint density at radius 3 is 1.38 bits per heavy atom. The fourth-order valence-corrected chi connectivity index (χ4v) is 7.58. The molecule has 1 saturated carbocycles. The summed E-state index contributed by atoms with van der Waals surface area (Å²) in [5.74, 6) is 2.11. The molecular formula is C50H64O6. The Labute approximate surface area is 336 Å². The molecule has 0 spiro atoms. The predicted octanol–water partition coefficient (Wildman–Crippen LogP) is 13.1. The lowest BCUT2D eigenvalue weighted by atomic mass is 9.65. The van der Waals surface area contributed by atoms with E-state index in [9.17, 15) is 9.59 Å². The molecule has 5 rings (SSSR count). The van der Waals surface area contributed by atoms with Crippen molar-refractivity contribution in [1.82, 2.24) is 0 Å². The van der Waals surface area contributed by atoms with E-state index in [4.69, 9.17) is 18.9 Å². The van der Waals surface area contributed by atoms with E-state index in [2.05, 4.69) is 52.0 Å². The first-order valence-corrected chi connectivity index (χ1v) is 20.8. The van der Waals surface area contributed by atoms with Crippen LogP contribution in [0, 0.1) is 10.8 Å². The highest BCUT2D eigenvalue weighted by Gasteiger charge is 2.51. The van der Waals surface area contributed by atoms with E-state index in [0.29, 0.717) is 30.8 Å². The van der Waals surface area contributed by atoms with Crippen molar-refractivity contribution in [3.8, 4) is 34.1 Å². The fraction of sp³-hybridized carbons (Fsp3) is 0.480. The van der Waals surface area contributed by atoms with Crippen LogP contribution in [-0.4, -0.2) is 23.1 Å². The average molecular weight is 761 g/mol. The largest absolute Gasteiger partial charge is 0.488 e. The van der Waals surface area contributed by atoms with Gasteiger partial charge in [-0.3, -0.25) is 9.59 Å². The molecule has 0 saturated heterocycles. The molecule has 1 aliphatic carbocycles. The van der Waals surface area contributed by atoms with Crippen LogP contribution in [0.15, 0.2) is 97.1 Å². The first kappa shape index (κ1) is 42.6. The number of carbonyl (C=O) groups is 2. The van der Waals surface area contributed by atoms with E-state index in [-0.39, 0.29) is 23.0 Å². The summed E-state index contributed by atoms with van der Waals surface area (Å²) in [4.78, 5) is 26.8. The molecule has 1 fully saturated rings. The number of ether oxygens (including phenoxy) is 4. The smallest absolute Gasteiger partial charge is 0.321 e. The zero-order valence-electron chi connectivity index (χ0n) is 35.6. The molecule has 0 heterocycles. The third-order valence-corrected chi connectivity index (χ3v) is 13.0. The van der Waals surface area contributed by atoms with Gasteiger partial charge >= 0.3 is 11.9 Å². The van der Waals surface area contributed by atoms with Gasteiger partial charge in [-0.1, -0.05) is 95.5 Å². The summed E-state index contributed by atoms with van der Waals surface area (Å²) in [5, 5.41) is 0. The van der Waals surface area contributed by atoms with Crippen LogP contribution in [0.1, 0.15) is 138 Å². The summed E-state index contributed by atoms with van der Waals surface area (Å²) in [6.45, 7) is 20.2. The molecule has 4 aromatic rings. The maximum atomic E-state index is 14.1. The fourth-order valence-electron chi connectivity index (χ4n) is 7.58. The summed E-state index contributed by atoms with van der Waals surface area (Å²) in [7, 11) is 0. The van der Waals surface area contributed by atoms with Gasteiger partial charge in [0.25, 0.3) is 0 Å². The van der Waals surface area contributed by atoms with Gasteiger partial charge in [0.2, 0.25) is 0 Å². The minimum absolute atomic E-state index is 0.142. The lowest BCUT2D eigenvalue weighted by Crippen LogP contribution is -2.54. The van der Waals surface area contributed by atoms with Crippen molar-refractivity contribution >= 4 is 11.9 Å². The monoisotopic (exact) mass is 760 g/mol. The van der Waals surface area contributed by atoms with Crippen molar-refractivity contribution in [3.63, 3.8) is 0 Å². The van der Waals surface area contributed by atoms with E-state index in [1.165, 1.54) is 17.5 Å². The van der Waals surface area contributed by atoms with E-state index in [1.54, 1.807) is 0 Å². The highest BCUT2D eigenvalue weighted by molar-refractivity contribution is 5.81. The number of benzene rings is 4. The lowest BCUT2D eigenvalue weighted by Gasteiger charge is -2.43. The van der Waals surface area contributed by atoms with Crippen molar-refractivity contribution in [2.24, 2.45) is 10.8 Å². The molecule has 2 unspecified atom stereocenters. The third kappa shape index (κ3) is 9.17. The summed E-state index contributed by atoms with van der Waals surface area (Å²) in [6.07, 6.45) is 8.38. The Kier molecular flexibility index (Phi) is 13.1. The molecule has 4 aromatic carbocycles. The maximum absolute atomic E-state index is 14.1. The SMILES string of the molecule is CCC(C)(C)Oc1ccc(-c2ccc(OC(=O)C(C)(CC)C(C)(CC)Oc3ccc(C4(c5ccc(OC(=O)C(C)(C)CC)cc5)CCCCC4)cc3)cc2)cc1. The zero-order valence-corrected chi connectivity index (χ0v) is 35.6. The summed E-state index contributed by atoms with van der Waals surface area (Å²) < 4.78 is 24.8. The molecule has 1 aliphatic rings. The van der Waals surface area contributed by atoms with Gasteiger partial charge in [-0.15, -0.1) is 0 Å².